The molecular formula is C28H47N5O6. The van der Waals surface area contributed by atoms with Crippen molar-refractivity contribution in [3.05, 3.63) is 0 Å². The number of hydrogen-bond acceptors (Lipinski definition) is 6. The fourth-order valence-electron chi connectivity index (χ4n) is 6.04. The highest BCUT2D eigenvalue weighted by Crippen LogP contribution is 2.36. The molecule has 2 saturated carbocycles. The van der Waals surface area contributed by atoms with Gasteiger partial charge in [-0.05, 0) is 48.9 Å². The van der Waals surface area contributed by atoms with Crippen LogP contribution in [0.5, 0.6) is 0 Å². The summed E-state index contributed by atoms with van der Waals surface area (Å²) in [4.78, 5) is 66.4. The Bertz CT molecular complexity index is 951. The highest BCUT2D eigenvalue weighted by atomic mass is 16.3. The van der Waals surface area contributed by atoms with E-state index in [9.17, 15) is 29.1 Å². The van der Waals surface area contributed by atoms with Crippen molar-refractivity contribution < 1.29 is 29.1 Å². The van der Waals surface area contributed by atoms with Crippen molar-refractivity contribution in [3.63, 3.8) is 0 Å². The van der Waals surface area contributed by atoms with Crippen LogP contribution in [-0.4, -0.2) is 76.4 Å². The first-order valence-electron chi connectivity index (χ1n) is 14.3. The molecular weight excluding hydrogens is 502 g/mol. The average Bonchev–Trinajstić information content (AvgIpc) is 3.36. The molecule has 39 heavy (non-hydrogen) atoms. The maximum atomic E-state index is 14.0. The van der Waals surface area contributed by atoms with Crippen LogP contribution in [0.2, 0.25) is 0 Å². The van der Waals surface area contributed by atoms with Crippen LogP contribution in [0.4, 0.5) is 4.79 Å². The molecule has 0 aromatic carbocycles. The molecule has 0 spiro atoms. The summed E-state index contributed by atoms with van der Waals surface area (Å²) < 4.78 is 0. The lowest BCUT2D eigenvalue weighted by molar-refractivity contribution is -0.144. The highest BCUT2D eigenvalue weighted by Gasteiger charge is 2.48. The van der Waals surface area contributed by atoms with E-state index >= 15 is 0 Å². The number of rotatable bonds is 11. The molecule has 0 aromatic rings. The summed E-state index contributed by atoms with van der Waals surface area (Å²) in [7, 11) is 0. The zero-order valence-electron chi connectivity index (χ0n) is 24.0. The molecule has 6 N–H and O–H groups in total. The summed E-state index contributed by atoms with van der Waals surface area (Å²) >= 11 is 0. The molecule has 0 bridgehead atoms. The van der Waals surface area contributed by atoms with Gasteiger partial charge in [-0.2, -0.15) is 0 Å². The lowest BCUT2D eigenvalue weighted by Crippen LogP contribution is -2.62. The molecule has 1 saturated heterocycles. The number of urea groups is 1. The Kier molecular flexibility index (Phi) is 9.67. The van der Waals surface area contributed by atoms with Gasteiger partial charge in [-0.1, -0.05) is 60.3 Å². The van der Waals surface area contributed by atoms with E-state index < -0.39 is 52.7 Å². The molecule has 220 valence electrons. The second kappa shape index (κ2) is 12.2. The van der Waals surface area contributed by atoms with Crippen LogP contribution in [-0.2, 0) is 19.2 Å². The Balaban J connectivity index is 1.81. The predicted molar refractivity (Wildman–Crippen MR) is 145 cm³/mol. The number of nitrogens with one attached hydrogen (secondary N) is 3. The van der Waals surface area contributed by atoms with Gasteiger partial charge in [-0.25, -0.2) is 4.79 Å². The van der Waals surface area contributed by atoms with E-state index in [1.54, 1.807) is 0 Å². The van der Waals surface area contributed by atoms with Crippen molar-refractivity contribution in [1.29, 1.82) is 0 Å². The van der Waals surface area contributed by atoms with Crippen molar-refractivity contribution in [2.75, 3.05) is 13.2 Å². The molecule has 3 rings (SSSR count). The van der Waals surface area contributed by atoms with E-state index in [2.05, 4.69) is 16.0 Å². The fourth-order valence-corrected chi connectivity index (χ4v) is 6.04. The van der Waals surface area contributed by atoms with Crippen LogP contribution in [0.1, 0.15) is 86.0 Å². The number of aliphatic hydroxyl groups excluding tert-OH is 1. The monoisotopic (exact) mass is 549 g/mol. The molecule has 1 aliphatic heterocycles. The van der Waals surface area contributed by atoms with E-state index in [1.807, 2.05) is 34.6 Å². The first-order chi connectivity index (χ1) is 18.2. The second-order valence-electron chi connectivity index (χ2n) is 13.2. The van der Waals surface area contributed by atoms with Crippen molar-refractivity contribution in [2.24, 2.45) is 28.9 Å². The molecule has 2 aliphatic carbocycles. The number of carbonyl (C=O) groups excluding carboxylic acids is 5. The summed E-state index contributed by atoms with van der Waals surface area (Å²) in [5, 5.41) is 18.4. The van der Waals surface area contributed by atoms with Crippen molar-refractivity contribution in [3.8, 4) is 0 Å². The maximum Gasteiger partial charge on any atom is 0.315 e. The van der Waals surface area contributed by atoms with Crippen LogP contribution >= 0.6 is 0 Å². The van der Waals surface area contributed by atoms with Gasteiger partial charge >= 0.3 is 6.03 Å². The zero-order valence-corrected chi connectivity index (χ0v) is 24.0. The smallest absolute Gasteiger partial charge is 0.315 e. The van der Waals surface area contributed by atoms with Gasteiger partial charge in [0.25, 0.3) is 5.91 Å². The van der Waals surface area contributed by atoms with Crippen molar-refractivity contribution >= 4 is 29.5 Å². The Labute approximate surface area is 231 Å². The first kappa shape index (κ1) is 30.8. The topological polar surface area (TPSA) is 171 Å². The number of nitrogens with two attached hydrogens (primary N) is 1. The molecule has 11 nitrogen and oxygen atoms in total. The lowest BCUT2D eigenvalue weighted by Gasteiger charge is -2.38. The number of likely N-dealkylation sites (tertiary alicyclic amines) is 1. The van der Waals surface area contributed by atoms with Crippen LogP contribution in [0.3, 0.4) is 0 Å². The number of carbonyl (C=O) groups is 5. The van der Waals surface area contributed by atoms with Crippen molar-refractivity contribution in [1.82, 2.24) is 20.9 Å². The molecule has 11 heteroatoms. The van der Waals surface area contributed by atoms with Crippen LogP contribution in [0.25, 0.3) is 0 Å². The molecule has 1 unspecified atom stereocenters. The van der Waals surface area contributed by atoms with Crippen LogP contribution in [0, 0.1) is 23.2 Å². The molecule has 0 radical (unpaired) electrons. The van der Waals surface area contributed by atoms with Gasteiger partial charge in [-0.15, -0.1) is 0 Å². The second-order valence-corrected chi connectivity index (χ2v) is 13.2. The van der Waals surface area contributed by atoms with Crippen molar-refractivity contribution in [2.45, 2.75) is 110 Å². The number of amides is 5. The Morgan fingerprint density at radius 1 is 1.03 bits per heavy atom. The molecule has 0 aromatic heterocycles. The van der Waals surface area contributed by atoms with E-state index in [0.29, 0.717) is 32.2 Å². The normalized spacial score (nSPS) is 24.2. The van der Waals surface area contributed by atoms with E-state index in [1.165, 1.54) is 4.90 Å². The quantitative estimate of drug-likeness (QED) is 0.243. The SMILES string of the molecule is CC(C)[C@H]1CCN(C(=O)[C@@H](NC(=O)NC2(CO)CCCC2)C(C)(C)C)[C@@H]1C(=O)NC(CC1CC1)C(=O)C(N)=O. The Morgan fingerprint density at radius 3 is 2.13 bits per heavy atom. The van der Waals surface area contributed by atoms with E-state index in [4.69, 9.17) is 5.73 Å². The van der Waals surface area contributed by atoms with Gasteiger partial charge in [0, 0.05) is 6.54 Å². The zero-order chi connectivity index (χ0) is 29.1. The number of nitrogens with zero attached hydrogens (tertiary/aromatic N) is 1. The third kappa shape index (κ3) is 7.49. The Hall–Kier alpha value is -2.69. The number of hydrogen-bond donors (Lipinski definition) is 5. The minimum atomic E-state index is -1.09. The molecule has 3 aliphatic rings. The summed E-state index contributed by atoms with van der Waals surface area (Å²) in [6, 6.07) is -3.34. The Morgan fingerprint density at radius 2 is 1.64 bits per heavy atom. The molecule has 5 amide bonds. The van der Waals surface area contributed by atoms with Gasteiger partial charge in [0.15, 0.2) is 0 Å². The number of aliphatic hydroxyl groups is 1. The van der Waals surface area contributed by atoms with Gasteiger partial charge in [0.2, 0.25) is 17.6 Å². The average molecular weight is 550 g/mol. The molecule has 3 fully saturated rings. The summed E-state index contributed by atoms with van der Waals surface area (Å²) in [5.41, 5.74) is 3.89. The molecule has 1 heterocycles. The standard InChI is InChI=1S/C28H47N5O6/c1-16(2)18-10-13-33(20(18)24(37)30-19(14-17-8-9-17)21(35)23(29)36)25(38)22(27(3,4)5)31-26(39)32-28(15-34)11-6-7-12-28/h16-20,22,34H,6-15H2,1-5H3,(H2,29,36)(H,30,37)(H2,31,32,39)/t18-,19?,20+,22-/m1/s1. The van der Waals surface area contributed by atoms with E-state index in [-0.39, 0.29) is 30.3 Å². The number of Topliss-reactive ketones (excluding diaryl/α,β-unsaturated/α-hetero) is 1. The minimum absolute atomic E-state index is 0.0726. The maximum absolute atomic E-state index is 14.0. The molecule has 4 atom stereocenters. The van der Waals surface area contributed by atoms with Crippen LogP contribution in [0.15, 0.2) is 0 Å². The lowest BCUT2D eigenvalue weighted by atomic mass is 9.84. The van der Waals surface area contributed by atoms with Gasteiger partial charge in [0.05, 0.1) is 18.2 Å². The summed E-state index contributed by atoms with van der Waals surface area (Å²) in [5.74, 6) is -2.62. The predicted octanol–water partition coefficient (Wildman–Crippen LogP) is 1.22. The summed E-state index contributed by atoms with van der Waals surface area (Å²) in [6.07, 6.45) is 5.95. The van der Waals surface area contributed by atoms with E-state index in [0.717, 1.165) is 25.7 Å². The third-order valence-electron chi connectivity index (χ3n) is 8.62. The fraction of sp³-hybridized carbons (Fsp3) is 0.821. The van der Waals surface area contributed by atoms with Gasteiger partial charge in [0.1, 0.15) is 12.1 Å². The third-order valence-corrected chi connectivity index (χ3v) is 8.62. The highest BCUT2D eigenvalue weighted by molar-refractivity contribution is 6.37. The van der Waals surface area contributed by atoms with Gasteiger partial charge in [-0.3, -0.25) is 19.2 Å². The first-order valence-corrected chi connectivity index (χ1v) is 14.3. The largest absolute Gasteiger partial charge is 0.394 e. The summed E-state index contributed by atoms with van der Waals surface area (Å²) in [6.45, 7) is 9.65. The number of ketones is 1. The van der Waals surface area contributed by atoms with Crippen LogP contribution < -0.4 is 21.7 Å². The van der Waals surface area contributed by atoms with Gasteiger partial charge < -0.3 is 31.7 Å². The number of primary amides is 1. The minimum Gasteiger partial charge on any atom is -0.394 e.